The summed E-state index contributed by atoms with van der Waals surface area (Å²) < 4.78 is 0. The van der Waals surface area contributed by atoms with E-state index in [0.717, 1.165) is 36.2 Å². The molecule has 1 aromatic carbocycles. The van der Waals surface area contributed by atoms with Crippen LogP contribution in [0.3, 0.4) is 0 Å². The Balaban J connectivity index is 1.76. The van der Waals surface area contributed by atoms with Crippen LogP contribution in [0.4, 0.5) is 0 Å². The molecular formula is C22H24N4O2. The number of aromatic hydroxyl groups is 1. The van der Waals surface area contributed by atoms with Crippen LogP contribution in [0.25, 0.3) is 22.3 Å². The van der Waals surface area contributed by atoms with Gasteiger partial charge in [-0.25, -0.2) is 9.97 Å². The minimum absolute atomic E-state index is 0.00860. The Labute approximate surface area is 164 Å². The number of pyridine rings is 2. The largest absolute Gasteiger partial charge is 0.507 e. The summed E-state index contributed by atoms with van der Waals surface area (Å²) >= 11 is 0. The van der Waals surface area contributed by atoms with E-state index in [1.165, 1.54) is 12.5 Å². The summed E-state index contributed by atoms with van der Waals surface area (Å²) in [5.74, 6) is -0.163. The van der Waals surface area contributed by atoms with Crippen molar-refractivity contribution in [3.8, 4) is 17.0 Å². The number of phenols is 1. The molecule has 0 saturated carbocycles. The fourth-order valence-electron chi connectivity index (χ4n) is 4.03. The van der Waals surface area contributed by atoms with Crippen molar-refractivity contribution < 1.29 is 9.90 Å². The minimum Gasteiger partial charge on any atom is -0.507 e. The molecule has 2 aromatic heterocycles. The fourth-order valence-corrected chi connectivity index (χ4v) is 4.03. The van der Waals surface area contributed by atoms with Crippen molar-refractivity contribution in [3.63, 3.8) is 0 Å². The third-order valence-corrected chi connectivity index (χ3v) is 5.47. The fraction of sp³-hybridized carbons (Fsp3) is 0.318. The van der Waals surface area contributed by atoms with Crippen molar-refractivity contribution in [1.82, 2.24) is 14.9 Å². The van der Waals surface area contributed by atoms with Gasteiger partial charge in [-0.3, -0.25) is 4.79 Å². The maximum absolute atomic E-state index is 11.4. The van der Waals surface area contributed by atoms with Gasteiger partial charge in [-0.2, -0.15) is 0 Å². The summed E-state index contributed by atoms with van der Waals surface area (Å²) in [6.45, 7) is 3.97. The highest BCUT2D eigenvalue weighted by Gasteiger charge is 2.21. The number of aryl methyl sites for hydroxylation is 1. The van der Waals surface area contributed by atoms with Gasteiger partial charge in [0, 0.05) is 34.7 Å². The molecule has 0 radical (unpaired) electrons. The number of likely N-dealkylation sites (tertiary alicyclic amines) is 1. The molecule has 1 aliphatic rings. The Morgan fingerprint density at radius 1 is 1.21 bits per heavy atom. The molecule has 3 heterocycles. The van der Waals surface area contributed by atoms with Crippen LogP contribution < -0.4 is 5.73 Å². The van der Waals surface area contributed by atoms with Gasteiger partial charge in [0.1, 0.15) is 5.75 Å². The van der Waals surface area contributed by atoms with Crippen molar-refractivity contribution in [1.29, 1.82) is 0 Å². The molecule has 1 saturated heterocycles. The summed E-state index contributed by atoms with van der Waals surface area (Å²) in [5, 5.41) is 11.4. The van der Waals surface area contributed by atoms with Crippen LogP contribution in [0.2, 0.25) is 0 Å². The van der Waals surface area contributed by atoms with Crippen LogP contribution in [0, 0.1) is 6.92 Å². The number of nitrogens with two attached hydrogens (primary N) is 1. The van der Waals surface area contributed by atoms with Crippen LogP contribution in [0.5, 0.6) is 5.75 Å². The number of aromatic nitrogens is 2. The zero-order chi connectivity index (χ0) is 19.8. The van der Waals surface area contributed by atoms with Crippen molar-refractivity contribution in [2.45, 2.75) is 25.7 Å². The van der Waals surface area contributed by atoms with Gasteiger partial charge in [0.25, 0.3) is 0 Å². The Kier molecular flexibility index (Phi) is 4.73. The summed E-state index contributed by atoms with van der Waals surface area (Å²) in [6.07, 6.45) is 2.31. The summed E-state index contributed by atoms with van der Waals surface area (Å²) in [5.41, 5.74) is 9.31. The number of primary amides is 1. The van der Waals surface area contributed by atoms with Crippen LogP contribution in [-0.4, -0.2) is 46.0 Å². The van der Waals surface area contributed by atoms with Crippen molar-refractivity contribution in [2.24, 2.45) is 5.73 Å². The number of hydrogen-bond donors (Lipinski definition) is 2. The van der Waals surface area contributed by atoms with Crippen molar-refractivity contribution in [2.75, 3.05) is 20.1 Å². The highest BCUT2D eigenvalue weighted by atomic mass is 16.3. The first-order valence-electron chi connectivity index (χ1n) is 9.52. The van der Waals surface area contributed by atoms with Gasteiger partial charge in [-0.15, -0.1) is 0 Å². The molecule has 6 nitrogen and oxygen atoms in total. The molecule has 1 amide bonds. The van der Waals surface area contributed by atoms with Crippen LogP contribution >= 0.6 is 0 Å². The number of fused-ring (bicyclic) bond motifs is 1. The van der Waals surface area contributed by atoms with Gasteiger partial charge < -0.3 is 15.7 Å². The average Bonchev–Trinajstić information content (AvgIpc) is 2.66. The summed E-state index contributed by atoms with van der Waals surface area (Å²) in [4.78, 5) is 23.3. The third kappa shape index (κ3) is 3.43. The Hall–Kier alpha value is -2.99. The van der Waals surface area contributed by atoms with E-state index >= 15 is 0 Å². The van der Waals surface area contributed by atoms with E-state index < -0.39 is 5.91 Å². The Morgan fingerprint density at radius 3 is 2.71 bits per heavy atom. The van der Waals surface area contributed by atoms with Crippen LogP contribution in [0.15, 0.2) is 36.4 Å². The van der Waals surface area contributed by atoms with E-state index in [-0.39, 0.29) is 11.3 Å². The van der Waals surface area contributed by atoms with E-state index in [1.807, 2.05) is 19.1 Å². The zero-order valence-corrected chi connectivity index (χ0v) is 16.1. The van der Waals surface area contributed by atoms with Crippen molar-refractivity contribution in [3.05, 3.63) is 53.2 Å². The van der Waals surface area contributed by atoms with Gasteiger partial charge in [-0.1, -0.05) is 0 Å². The lowest BCUT2D eigenvalue weighted by molar-refractivity contribution is 0.1000. The number of rotatable bonds is 3. The lowest BCUT2D eigenvalue weighted by Gasteiger charge is -2.29. The van der Waals surface area contributed by atoms with E-state index in [0.29, 0.717) is 22.8 Å². The van der Waals surface area contributed by atoms with E-state index in [9.17, 15) is 9.90 Å². The molecular weight excluding hydrogens is 352 g/mol. The molecule has 28 heavy (non-hydrogen) atoms. The van der Waals surface area contributed by atoms with Gasteiger partial charge >= 0.3 is 0 Å². The second-order valence-electron chi connectivity index (χ2n) is 7.63. The monoisotopic (exact) mass is 376 g/mol. The number of phenolic OH excluding ortho intramolecular Hbond substituents is 1. The number of likely N-dealkylation sites (N-methyl/N-ethyl adjacent to an activating group) is 1. The Morgan fingerprint density at radius 2 is 2.00 bits per heavy atom. The number of nitrogens with zero attached hydrogens (tertiary/aromatic N) is 3. The molecule has 3 aromatic rings. The van der Waals surface area contributed by atoms with Gasteiger partial charge in [0.2, 0.25) is 5.91 Å². The van der Waals surface area contributed by atoms with Crippen molar-refractivity contribution >= 4 is 16.9 Å². The molecule has 1 unspecified atom stereocenters. The molecule has 0 aliphatic carbocycles. The molecule has 6 heteroatoms. The molecule has 0 spiro atoms. The molecule has 0 bridgehead atoms. The molecule has 1 aliphatic heterocycles. The SMILES string of the molecule is Cc1cc(C(N)=O)cc(O)c1-c1ccc2ccc(C3CCCN(C)C3)nc2n1. The van der Waals surface area contributed by atoms with E-state index in [1.54, 1.807) is 6.07 Å². The number of piperidine rings is 1. The normalized spacial score (nSPS) is 17.7. The maximum atomic E-state index is 11.4. The number of amides is 1. The lowest BCUT2D eigenvalue weighted by Crippen LogP contribution is -2.31. The minimum atomic E-state index is -0.569. The first-order valence-corrected chi connectivity index (χ1v) is 9.52. The summed E-state index contributed by atoms with van der Waals surface area (Å²) in [7, 11) is 2.14. The predicted molar refractivity (Wildman–Crippen MR) is 109 cm³/mol. The zero-order valence-electron chi connectivity index (χ0n) is 16.1. The standard InChI is InChI=1S/C22H24N4O2/c1-13-10-16(21(23)28)11-19(27)20(13)18-8-6-14-5-7-17(24-22(14)25-18)15-4-3-9-26(2)12-15/h5-8,10-11,15,27H,3-4,9,12H2,1-2H3,(H2,23,28). The van der Waals surface area contributed by atoms with Crippen LogP contribution in [0.1, 0.15) is 40.4 Å². The first kappa shape index (κ1) is 18.4. The highest BCUT2D eigenvalue weighted by molar-refractivity contribution is 5.95. The maximum Gasteiger partial charge on any atom is 0.248 e. The number of carbonyl (C=O) groups is 1. The van der Waals surface area contributed by atoms with Gasteiger partial charge in [-0.05, 0) is 75.3 Å². The van der Waals surface area contributed by atoms with Gasteiger partial charge in [0.05, 0.1) is 5.69 Å². The van der Waals surface area contributed by atoms with Gasteiger partial charge in [0.15, 0.2) is 5.65 Å². The second-order valence-corrected chi connectivity index (χ2v) is 7.63. The first-order chi connectivity index (χ1) is 13.4. The second kappa shape index (κ2) is 7.20. The number of hydrogen-bond acceptors (Lipinski definition) is 5. The molecule has 144 valence electrons. The predicted octanol–water partition coefficient (Wildman–Crippen LogP) is 3.22. The van der Waals surface area contributed by atoms with E-state index in [4.69, 9.17) is 15.7 Å². The summed E-state index contributed by atoms with van der Waals surface area (Å²) in [6, 6.07) is 11.0. The highest BCUT2D eigenvalue weighted by Crippen LogP contribution is 2.33. The average molecular weight is 376 g/mol. The quantitative estimate of drug-likeness (QED) is 0.732. The smallest absolute Gasteiger partial charge is 0.248 e. The number of benzene rings is 1. The number of carbonyl (C=O) groups excluding carboxylic acids is 1. The van der Waals surface area contributed by atoms with Crippen LogP contribution in [-0.2, 0) is 0 Å². The lowest BCUT2D eigenvalue weighted by atomic mass is 9.94. The molecule has 1 atom stereocenters. The Bertz CT molecular complexity index is 1040. The molecule has 4 rings (SSSR count). The topological polar surface area (TPSA) is 92.3 Å². The molecule has 1 fully saturated rings. The van der Waals surface area contributed by atoms with E-state index in [2.05, 4.69) is 24.1 Å². The third-order valence-electron chi connectivity index (χ3n) is 5.47. The molecule has 3 N–H and O–H groups in total.